The molecule has 0 aliphatic carbocycles. The quantitative estimate of drug-likeness (QED) is 0.942. The molecule has 0 bridgehead atoms. The van der Waals surface area contributed by atoms with Crippen LogP contribution in [0.25, 0.3) is 11.3 Å². The Bertz CT molecular complexity index is 680. The van der Waals surface area contributed by atoms with Gasteiger partial charge >= 0.3 is 6.36 Å². The maximum absolute atomic E-state index is 12.5. The van der Waals surface area contributed by atoms with Crippen LogP contribution in [0.15, 0.2) is 35.4 Å². The van der Waals surface area contributed by atoms with Crippen LogP contribution in [-0.2, 0) is 6.42 Å². The number of ether oxygens (including phenoxy) is 1. The average molecular weight is 298 g/mol. The van der Waals surface area contributed by atoms with E-state index in [2.05, 4.69) is 14.7 Å². The summed E-state index contributed by atoms with van der Waals surface area (Å²) >= 11 is 0. The molecule has 4 nitrogen and oxygen atoms in total. The molecular formula is C14H13F3N2O2. The van der Waals surface area contributed by atoms with E-state index in [4.69, 9.17) is 0 Å². The Morgan fingerprint density at radius 1 is 1.29 bits per heavy atom. The van der Waals surface area contributed by atoms with Crippen LogP contribution in [0, 0.1) is 0 Å². The molecule has 0 aliphatic heterocycles. The van der Waals surface area contributed by atoms with Crippen molar-refractivity contribution in [2.75, 3.05) is 0 Å². The third-order valence-corrected chi connectivity index (χ3v) is 2.82. The highest BCUT2D eigenvalue weighted by molar-refractivity contribution is 5.69. The van der Waals surface area contributed by atoms with Crippen molar-refractivity contribution in [1.82, 2.24) is 9.97 Å². The molecule has 1 aromatic carbocycles. The Labute approximate surface area is 118 Å². The van der Waals surface area contributed by atoms with Gasteiger partial charge in [-0.2, -0.15) is 0 Å². The van der Waals surface area contributed by atoms with Crippen molar-refractivity contribution < 1.29 is 17.9 Å². The standard InChI is InChI=1S/C14H13F3N2O2/c1-2-5-10-12(18-8-19-13(10)20)9-6-3-4-7-11(9)21-14(15,16)17/h3-4,6-8H,2,5H2,1H3,(H,18,19,20). The minimum atomic E-state index is -4.80. The summed E-state index contributed by atoms with van der Waals surface area (Å²) in [5.74, 6) is -0.375. The smallest absolute Gasteiger partial charge is 0.405 e. The van der Waals surface area contributed by atoms with Crippen molar-refractivity contribution in [3.63, 3.8) is 0 Å². The Balaban J connectivity index is 2.57. The third-order valence-electron chi connectivity index (χ3n) is 2.82. The van der Waals surface area contributed by atoms with Crippen LogP contribution in [0.3, 0.4) is 0 Å². The normalized spacial score (nSPS) is 11.4. The van der Waals surface area contributed by atoms with Crippen LogP contribution in [0.2, 0.25) is 0 Å². The number of benzene rings is 1. The zero-order chi connectivity index (χ0) is 15.5. The first-order chi connectivity index (χ1) is 9.92. The Morgan fingerprint density at radius 3 is 2.67 bits per heavy atom. The molecule has 112 valence electrons. The Hall–Kier alpha value is -2.31. The summed E-state index contributed by atoms with van der Waals surface area (Å²) in [4.78, 5) is 18.3. The molecule has 0 radical (unpaired) electrons. The molecule has 21 heavy (non-hydrogen) atoms. The molecule has 1 heterocycles. The highest BCUT2D eigenvalue weighted by Gasteiger charge is 2.32. The Kier molecular flexibility index (Phi) is 4.30. The number of aromatic nitrogens is 2. The monoisotopic (exact) mass is 298 g/mol. The lowest BCUT2D eigenvalue weighted by atomic mass is 10.0. The maximum Gasteiger partial charge on any atom is 0.573 e. The van der Waals surface area contributed by atoms with Crippen LogP contribution in [0.1, 0.15) is 18.9 Å². The molecule has 0 unspecified atom stereocenters. The van der Waals surface area contributed by atoms with Gasteiger partial charge in [0.25, 0.3) is 5.56 Å². The molecule has 2 rings (SSSR count). The van der Waals surface area contributed by atoms with Gasteiger partial charge in [-0.1, -0.05) is 25.5 Å². The van der Waals surface area contributed by atoms with Crippen molar-refractivity contribution >= 4 is 0 Å². The van der Waals surface area contributed by atoms with Crippen LogP contribution < -0.4 is 10.3 Å². The zero-order valence-corrected chi connectivity index (χ0v) is 11.2. The van der Waals surface area contributed by atoms with E-state index in [1.807, 2.05) is 6.92 Å². The van der Waals surface area contributed by atoms with E-state index >= 15 is 0 Å². The van der Waals surface area contributed by atoms with Crippen LogP contribution in [-0.4, -0.2) is 16.3 Å². The van der Waals surface area contributed by atoms with E-state index in [1.165, 1.54) is 24.5 Å². The van der Waals surface area contributed by atoms with Crippen molar-refractivity contribution in [3.05, 3.63) is 46.5 Å². The van der Waals surface area contributed by atoms with Crippen LogP contribution in [0.4, 0.5) is 13.2 Å². The molecule has 1 N–H and O–H groups in total. The first-order valence-corrected chi connectivity index (χ1v) is 6.34. The van der Waals surface area contributed by atoms with Gasteiger partial charge < -0.3 is 9.72 Å². The average Bonchev–Trinajstić information content (AvgIpc) is 2.40. The summed E-state index contributed by atoms with van der Waals surface area (Å²) in [7, 11) is 0. The van der Waals surface area contributed by atoms with E-state index in [1.54, 1.807) is 6.07 Å². The fourth-order valence-corrected chi connectivity index (χ4v) is 2.02. The number of aromatic amines is 1. The second-order valence-electron chi connectivity index (χ2n) is 4.35. The fourth-order valence-electron chi connectivity index (χ4n) is 2.02. The van der Waals surface area contributed by atoms with Gasteiger partial charge in [-0.05, 0) is 18.6 Å². The molecule has 0 amide bonds. The number of hydrogen-bond donors (Lipinski definition) is 1. The molecule has 1 aromatic heterocycles. The molecule has 0 atom stereocenters. The number of halogens is 3. The lowest BCUT2D eigenvalue weighted by Crippen LogP contribution is -2.19. The second kappa shape index (κ2) is 5.99. The number of nitrogens with zero attached hydrogens (tertiary/aromatic N) is 1. The molecule has 7 heteroatoms. The third kappa shape index (κ3) is 3.62. The summed E-state index contributed by atoms with van der Waals surface area (Å²) in [6.07, 6.45) is -2.55. The van der Waals surface area contributed by atoms with Gasteiger partial charge in [0, 0.05) is 11.1 Å². The van der Waals surface area contributed by atoms with E-state index in [0.29, 0.717) is 18.4 Å². The van der Waals surface area contributed by atoms with Gasteiger partial charge in [0.1, 0.15) is 5.75 Å². The molecule has 0 fully saturated rings. The zero-order valence-electron chi connectivity index (χ0n) is 11.2. The number of hydrogen-bond acceptors (Lipinski definition) is 3. The first kappa shape index (κ1) is 15.1. The fraction of sp³-hybridized carbons (Fsp3) is 0.286. The number of nitrogens with one attached hydrogen (secondary N) is 1. The largest absolute Gasteiger partial charge is 0.573 e. The van der Waals surface area contributed by atoms with E-state index in [-0.39, 0.29) is 22.6 Å². The number of rotatable bonds is 4. The summed E-state index contributed by atoms with van der Waals surface area (Å²) < 4.78 is 41.4. The number of alkyl halides is 3. The lowest BCUT2D eigenvalue weighted by molar-refractivity contribution is -0.274. The van der Waals surface area contributed by atoms with Crippen LogP contribution >= 0.6 is 0 Å². The Morgan fingerprint density at radius 2 is 2.00 bits per heavy atom. The molecule has 0 aliphatic rings. The minimum absolute atomic E-state index is 0.143. The van der Waals surface area contributed by atoms with Gasteiger partial charge in [0.2, 0.25) is 0 Å². The highest BCUT2D eigenvalue weighted by Crippen LogP contribution is 2.33. The topological polar surface area (TPSA) is 55.0 Å². The molecule has 0 saturated heterocycles. The van der Waals surface area contributed by atoms with Crippen LogP contribution in [0.5, 0.6) is 5.75 Å². The molecular weight excluding hydrogens is 285 g/mol. The van der Waals surface area contributed by atoms with Crippen molar-refractivity contribution in [2.24, 2.45) is 0 Å². The van der Waals surface area contributed by atoms with Crippen molar-refractivity contribution in [3.8, 4) is 17.0 Å². The van der Waals surface area contributed by atoms with Gasteiger partial charge in [0.15, 0.2) is 0 Å². The van der Waals surface area contributed by atoms with Gasteiger partial charge in [0.05, 0.1) is 12.0 Å². The van der Waals surface area contributed by atoms with Gasteiger partial charge in [-0.25, -0.2) is 4.98 Å². The number of H-pyrrole nitrogens is 1. The summed E-state index contributed by atoms with van der Waals surface area (Å²) in [5, 5.41) is 0. The van der Waals surface area contributed by atoms with Gasteiger partial charge in [-0.3, -0.25) is 4.79 Å². The molecule has 2 aromatic rings. The van der Waals surface area contributed by atoms with E-state index in [9.17, 15) is 18.0 Å². The van der Waals surface area contributed by atoms with Crippen molar-refractivity contribution in [1.29, 1.82) is 0 Å². The summed E-state index contributed by atoms with van der Waals surface area (Å²) in [5.41, 5.74) is 0.340. The van der Waals surface area contributed by atoms with Crippen molar-refractivity contribution in [2.45, 2.75) is 26.1 Å². The maximum atomic E-state index is 12.5. The first-order valence-electron chi connectivity index (χ1n) is 6.34. The van der Waals surface area contributed by atoms with Gasteiger partial charge in [-0.15, -0.1) is 13.2 Å². The van der Waals surface area contributed by atoms with E-state index in [0.717, 1.165) is 0 Å². The second-order valence-corrected chi connectivity index (χ2v) is 4.35. The summed E-state index contributed by atoms with van der Waals surface area (Å²) in [6.45, 7) is 1.87. The molecule has 0 spiro atoms. The minimum Gasteiger partial charge on any atom is -0.405 e. The van der Waals surface area contributed by atoms with E-state index < -0.39 is 6.36 Å². The highest BCUT2D eigenvalue weighted by atomic mass is 19.4. The molecule has 0 saturated carbocycles. The predicted octanol–water partition coefficient (Wildman–Crippen LogP) is 3.29. The number of para-hydroxylation sites is 1. The predicted molar refractivity (Wildman–Crippen MR) is 71.0 cm³/mol. The SMILES string of the molecule is CCCc1c(-c2ccccc2OC(F)(F)F)nc[nH]c1=O. The lowest BCUT2D eigenvalue weighted by Gasteiger charge is -2.14. The summed E-state index contributed by atoms with van der Waals surface area (Å²) in [6, 6.07) is 5.64.